The Balaban J connectivity index is 2.31. The molecular weight excluding hydrogens is 316 g/mol. The van der Waals surface area contributed by atoms with Crippen molar-refractivity contribution in [3.8, 4) is 11.5 Å². The molecule has 1 N–H and O–H groups in total. The van der Waals surface area contributed by atoms with Crippen LogP contribution in [0, 0.1) is 0 Å². The van der Waals surface area contributed by atoms with Gasteiger partial charge in [0, 0.05) is 0 Å². The van der Waals surface area contributed by atoms with Crippen molar-refractivity contribution in [1.29, 1.82) is 0 Å². The van der Waals surface area contributed by atoms with Crippen molar-refractivity contribution in [2.45, 2.75) is 39.9 Å². The van der Waals surface area contributed by atoms with Crippen molar-refractivity contribution in [2.75, 3.05) is 0 Å². The van der Waals surface area contributed by atoms with Gasteiger partial charge < -0.3 is 14.6 Å². The maximum Gasteiger partial charge on any atom is 0.336 e. The molecular formula is C21H24O4. The van der Waals surface area contributed by atoms with Crippen molar-refractivity contribution >= 4 is 17.6 Å². The fourth-order valence-corrected chi connectivity index (χ4v) is 2.36. The molecule has 0 aliphatic rings. The lowest BCUT2D eigenvalue weighted by Gasteiger charge is -2.11. The third-order valence-electron chi connectivity index (χ3n) is 3.31. The molecule has 2 rings (SSSR count). The van der Waals surface area contributed by atoms with E-state index >= 15 is 0 Å². The normalized spacial score (nSPS) is 11.7. The molecule has 4 nitrogen and oxygen atoms in total. The lowest BCUT2D eigenvalue weighted by molar-refractivity contribution is -0.130. The minimum Gasteiger partial charge on any atom is -0.491 e. The summed E-state index contributed by atoms with van der Waals surface area (Å²) in [6.07, 6.45) is 1.77. The third-order valence-corrected chi connectivity index (χ3v) is 3.31. The van der Waals surface area contributed by atoms with Gasteiger partial charge in [-0.05, 0) is 69.2 Å². The lowest BCUT2D eigenvalue weighted by atomic mass is 10.0. The highest BCUT2D eigenvalue weighted by molar-refractivity contribution is 6.20. The van der Waals surface area contributed by atoms with Gasteiger partial charge in [-0.1, -0.05) is 24.3 Å². The van der Waals surface area contributed by atoms with E-state index < -0.39 is 5.97 Å². The van der Waals surface area contributed by atoms with Crippen LogP contribution in [0.5, 0.6) is 11.5 Å². The molecule has 2 aromatic carbocycles. The SMILES string of the molecule is CC(C)Oc1ccc(/C=C(/C(=O)O)c2cccc(OC(C)C)c2)cc1. The van der Waals surface area contributed by atoms with Gasteiger partial charge in [0.2, 0.25) is 0 Å². The first-order chi connectivity index (χ1) is 11.8. The van der Waals surface area contributed by atoms with Gasteiger partial charge in [0.05, 0.1) is 17.8 Å². The van der Waals surface area contributed by atoms with Gasteiger partial charge in [-0.25, -0.2) is 4.79 Å². The fourth-order valence-electron chi connectivity index (χ4n) is 2.36. The minimum atomic E-state index is -0.982. The van der Waals surface area contributed by atoms with Crippen LogP contribution in [0.15, 0.2) is 48.5 Å². The molecule has 0 atom stereocenters. The predicted molar refractivity (Wildman–Crippen MR) is 99.9 cm³/mol. The van der Waals surface area contributed by atoms with Crippen LogP contribution in [-0.4, -0.2) is 23.3 Å². The van der Waals surface area contributed by atoms with Gasteiger partial charge in [0.1, 0.15) is 11.5 Å². The van der Waals surface area contributed by atoms with Gasteiger partial charge in [-0.3, -0.25) is 0 Å². The zero-order chi connectivity index (χ0) is 18.4. The fraction of sp³-hybridized carbons (Fsp3) is 0.286. The minimum absolute atomic E-state index is 0.0287. The summed E-state index contributed by atoms with van der Waals surface area (Å²) in [5.41, 5.74) is 1.61. The number of rotatable bonds is 7. The van der Waals surface area contributed by atoms with E-state index in [4.69, 9.17) is 9.47 Å². The van der Waals surface area contributed by atoms with Crippen molar-refractivity contribution in [1.82, 2.24) is 0 Å². The summed E-state index contributed by atoms with van der Waals surface area (Å²) < 4.78 is 11.3. The molecule has 0 spiro atoms. The molecule has 25 heavy (non-hydrogen) atoms. The first kappa shape index (κ1) is 18.6. The van der Waals surface area contributed by atoms with Gasteiger partial charge >= 0.3 is 5.97 Å². The van der Waals surface area contributed by atoms with Gasteiger partial charge in [0.15, 0.2) is 0 Å². The number of hydrogen-bond donors (Lipinski definition) is 1. The smallest absolute Gasteiger partial charge is 0.336 e. The zero-order valence-electron chi connectivity index (χ0n) is 15.0. The average Bonchev–Trinajstić information content (AvgIpc) is 2.53. The molecule has 0 radical (unpaired) electrons. The van der Waals surface area contributed by atoms with E-state index in [1.165, 1.54) is 0 Å². The number of carbonyl (C=O) groups is 1. The number of aliphatic carboxylic acids is 1. The molecule has 0 amide bonds. The monoisotopic (exact) mass is 340 g/mol. The van der Waals surface area contributed by atoms with Crippen LogP contribution in [0.1, 0.15) is 38.8 Å². The van der Waals surface area contributed by atoms with E-state index in [-0.39, 0.29) is 17.8 Å². The van der Waals surface area contributed by atoms with Crippen molar-refractivity contribution < 1.29 is 19.4 Å². The van der Waals surface area contributed by atoms with Crippen LogP contribution in [0.3, 0.4) is 0 Å². The topological polar surface area (TPSA) is 55.8 Å². The van der Waals surface area contributed by atoms with Crippen molar-refractivity contribution in [3.63, 3.8) is 0 Å². The number of hydrogen-bond acceptors (Lipinski definition) is 3. The molecule has 0 aliphatic carbocycles. The molecule has 0 saturated heterocycles. The Labute approximate surface area is 148 Å². The van der Waals surface area contributed by atoms with Gasteiger partial charge in [-0.2, -0.15) is 0 Å². The second-order valence-corrected chi connectivity index (χ2v) is 6.29. The number of benzene rings is 2. The van der Waals surface area contributed by atoms with E-state index in [1.807, 2.05) is 58.0 Å². The number of carboxylic acid groups (broad SMARTS) is 1. The number of ether oxygens (including phenoxy) is 2. The van der Waals surface area contributed by atoms with E-state index in [0.29, 0.717) is 11.3 Å². The summed E-state index contributed by atoms with van der Waals surface area (Å²) in [7, 11) is 0. The molecule has 0 aromatic heterocycles. The highest BCUT2D eigenvalue weighted by Gasteiger charge is 2.12. The molecule has 4 heteroatoms. The standard InChI is InChI=1S/C21H24O4/c1-14(2)24-18-10-8-16(9-11-18)12-20(21(22)23)17-6-5-7-19(13-17)25-15(3)4/h5-15H,1-4H3,(H,22,23)/b20-12+. The Morgan fingerprint density at radius 1 is 0.920 bits per heavy atom. The third kappa shape index (κ3) is 5.68. The summed E-state index contributed by atoms with van der Waals surface area (Å²) in [5.74, 6) is 0.431. The second kappa shape index (κ2) is 8.38. The largest absolute Gasteiger partial charge is 0.491 e. The summed E-state index contributed by atoms with van der Waals surface area (Å²) in [5, 5.41) is 9.60. The quantitative estimate of drug-likeness (QED) is 0.576. The van der Waals surface area contributed by atoms with Gasteiger partial charge in [-0.15, -0.1) is 0 Å². The molecule has 0 bridgehead atoms. The molecule has 0 aliphatic heterocycles. The molecule has 132 valence electrons. The first-order valence-electron chi connectivity index (χ1n) is 8.34. The van der Waals surface area contributed by atoms with Crippen molar-refractivity contribution in [3.05, 3.63) is 59.7 Å². The summed E-state index contributed by atoms with van der Waals surface area (Å²) in [6.45, 7) is 7.79. The van der Waals surface area contributed by atoms with Crippen molar-refractivity contribution in [2.24, 2.45) is 0 Å². The summed E-state index contributed by atoms with van der Waals surface area (Å²) in [4.78, 5) is 11.7. The van der Waals surface area contributed by atoms with Crippen LogP contribution >= 0.6 is 0 Å². The lowest BCUT2D eigenvalue weighted by Crippen LogP contribution is -2.06. The first-order valence-corrected chi connectivity index (χ1v) is 8.34. The predicted octanol–water partition coefficient (Wildman–Crippen LogP) is 4.89. The highest BCUT2D eigenvalue weighted by atomic mass is 16.5. The Hall–Kier alpha value is -2.75. The maximum absolute atomic E-state index is 11.7. The van der Waals surface area contributed by atoms with E-state index in [9.17, 15) is 9.90 Å². The second-order valence-electron chi connectivity index (χ2n) is 6.29. The van der Waals surface area contributed by atoms with Gasteiger partial charge in [0.25, 0.3) is 0 Å². The molecule has 2 aromatic rings. The van der Waals surface area contributed by atoms with Crippen LogP contribution in [0.2, 0.25) is 0 Å². The highest BCUT2D eigenvalue weighted by Crippen LogP contribution is 2.24. The zero-order valence-corrected chi connectivity index (χ0v) is 15.0. The summed E-state index contributed by atoms with van der Waals surface area (Å²) >= 11 is 0. The van der Waals surface area contributed by atoms with Crippen LogP contribution < -0.4 is 9.47 Å². The Morgan fingerprint density at radius 3 is 2.08 bits per heavy atom. The average molecular weight is 340 g/mol. The maximum atomic E-state index is 11.7. The summed E-state index contributed by atoms with van der Waals surface area (Å²) in [6, 6.07) is 14.5. The molecule has 0 unspecified atom stereocenters. The Bertz CT molecular complexity index is 743. The van der Waals surface area contributed by atoms with Crippen LogP contribution in [-0.2, 0) is 4.79 Å². The van der Waals surface area contributed by atoms with Crippen LogP contribution in [0.25, 0.3) is 11.6 Å². The number of carboxylic acids is 1. The van der Waals surface area contributed by atoms with E-state index in [2.05, 4.69) is 0 Å². The molecule has 0 saturated carbocycles. The van der Waals surface area contributed by atoms with Crippen LogP contribution in [0.4, 0.5) is 0 Å². The van der Waals surface area contributed by atoms with E-state index in [0.717, 1.165) is 11.3 Å². The molecule has 0 heterocycles. The Kier molecular flexibility index (Phi) is 6.23. The van der Waals surface area contributed by atoms with E-state index in [1.54, 1.807) is 24.3 Å². The molecule has 0 fully saturated rings. The Morgan fingerprint density at radius 2 is 1.52 bits per heavy atom.